The van der Waals surface area contributed by atoms with Crippen LogP contribution in [0.3, 0.4) is 0 Å². The Balaban J connectivity index is 1.93. The van der Waals surface area contributed by atoms with Gasteiger partial charge in [0, 0.05) is 19.5 Å². The number of aryl methyl sites for hydroxylation is 1. The Labute approximate surface area is 160 Å². The predicted octanol–water partition coefficient (Wildman–Crippen LogP) is 2.02. The van der Waals surface area contributed by atoms with Crippen LogP contribution in [0.5, 0.6) is 0 Å². The van der Waals surface area contributed by atoms with Crippen molar-refractivity contribution in [1.82, 2.24) is 9.62 Å². The van der Waals surface area contributed by atoms with E-state index < -0.39 is 22.0 Å². The molecule has 0 spiro atoms. The van der Waals surface area contributed by atoms with Gasteiger partial charge in [-0.25, -0.2) is 13.2 Å². The zero-order chi connectivity index (χ0) is 20.0. The first kappa shape index (κ1) is 21.4. The Morgan fingerprint density at radius 3 is 2.22 bits per heavy atom. The summed E-state index contributed by atoms with van der Waals surface area (Å²) < 4.78 is 26.8. The van der Waals surface area contributed by atoms with Crippen LogP contribution in [0, 0.1) is 5.92 Å². The molecule has 1 atom stereocenters. The van der Waals surface area contributed by atoms with Crippen molar-refractivity contribution in [3.63, 3.8) is 0 Å². The molecule has 150 valence electrons. The highest BCUT2D eigenvalue weighted by atomic mass is 32.2. The number of hydrogen-bond donors (Lipinski definition) is 2. The van der Waals surface area contributed by atoms with E-state index in [1.54, 1.807) is 38.1 Å². The molecule has 2 rings (SSSR count). The van der Waals surface area contributed by atoms with Crippen molar-refractivity contribution in [2.45, 2.75) is 56.9 Å². The number of carbonyl (C=O) groups excluding carboxylic acids is 1. The lowest BCUT2D eigenvalue weighted by atomic mass is 10.0. The summed E-state index contributed by atoms with van der Waals surface area (Å²) in [5.74, 6) is -1.59. The molecule has 1 heterocycles. The summed E-state index contributed by atoms with van der Waals surface area (Å²) in [6.45, 7) is 4.59. The highest BCUT2D eigenvalue weighted by molar-refractivity contribution is 7.89. The van der Waals surface area contributed by atoms with E-state index in [1.165, 1.54) is 4.31 Å². The van der Waals surface area contributed by atoms with Crippen molar-refractivity contribution < 1.29 is 23.1 Å². The molecule has 1 aromatic carbocycles. The van der Waals surface area contributed by atoms with Crippen LogP contribution in [0.1, 0.15) is 45.1 Å². The van der Waals surface area contributed by atoms with Crippen molar-refractivity contribution >= 4 is 21.9 Å². The molecule has 0 unspecified atom stereocenters. The highest BCUT2D eigenvalue weighted by Crippen LogP contribution is 2.21. The minimum Gasteiger partial charge on any atom is -0.480 e. The van der Waals surface area contributed by atoms with E-state index in [2.05, 4.69) is 5.32 Å². The van der Waals surface area contributed by atoms with Gasteiger partial charge in [-0.2, -0.15) is 4.31 Å². The maximum atomic E-state index is 12.6. The first-order valence-corrected chi connectivity index (χ1v) is 10.8. The Hall–Kier alpha value is -1.93. The van der Waals surface area contributed by atoms with Crippen molar-refractivity contribution in [3.05, 3.63) is 29.8 Å². The molecule has 2 N–H and O–H groups in total. The van der Waals surface area contributed by atoms with E-state index in [0.29, 0.717) is 19.5 Å². The summed E-state index contributed by atoms with van der Waals surface area (Å²) in [7, 11) is -3.46. The molecular formula is C19H28N2O5S. The van der Waals surface area contributed by atoms with Gasteiger partial charge in [0.05, 0.1) is 4.90 Å². The number of carbonyl (C=O) groups is 2. The molecule has 0 radical (unpaired) electrons. The third-order valence-electron chi connectivity index (χ3n) is 4.77. The first-order valence-electron chi connectivity index (χ1n) is 9.33. The molecule has 1 aliphatic heterocycles. The summed E-state index contributed by atoms with van der Waals surface area (Å²) >= 11 is 0. The fourth-order valence-corrected chi connectivity index (χ4v) is 4.62. The summed E-state index contributed by atoms with van der Waals surface area (Å²) in [5.41, 5.74) is 0.833. The minimum atomic E-state index is -3.46. The van der Waals surface area contributed by atoms with Crippen molar-refractivity contribution in [3.8, 4) is 0 Å². The van der Waals surface area contributed by atoms with Gasteiger partial charge in [0.2, 0.25) is 15.9 Å². The molecule has 0 bridgehead atoms. The molecule has 1 saturated heterocycles. The van der Waals surface area contributed by atoms with Crippen molar-refractivity contribution in [2.24, 2.45) is 5.92 Å². The van der Waals surface area contributed by atoms with Gasteiger partial charge in [0.1, 0.15) is 6.04 Å². The summed E-state index contributed by atoms with van der Waals surface area (Å²) in [5, 5.41) is 11.6. The second-order valence-electron chi connectivity index (χ2n) is 7.24. The molecule has 0 aromatic heterocycles. The van der Waals surface area contributed by atoms with Crippen LogP contribution in [0.2, 0.25) is 0 Å². The summed E-state index contributed by atoms with van der Waals surface area (Å²) in [6, 6.07) is 5.66. The number of rotatable bonds is 8. The average molecular weight is 397 g/mol. The number of piperidine rings is 1. The van der Waals surface area contributed by atoms with E-state index in [0.717, 1.165) is 24.8 Å². The average Bonchev–Trinajstić information content (AvgIpc) is 2.65. The Bertz CT molecular complexity index is 753. The largest absolute Gasteiger partial charge is 0.480 e. The molecular weight excluding hydrogens is 368 g/mol. The zero-order valence-electron chi connectivity index (χ0n) is 15.8. The number of benzene rings is 1. The minimum absolute atomic E-state index is 0.148. The van der Waals surface area contributed by atoms with E-state index in [1.807, 2.05) is 0 Å². The molecule has 1 aromatic rings. The van der Waals surface area contributed by atoms with Gasteiger partial charge in [-0.3, -0.25) is 4.79 Å². The smallest absolute Gasteiger partial charge is 0.326 e. The molecule has 8 heteroatoms. The molecule has 0 saturated carbocycles. The van der Waals surface area contributed by atoms with Crippen molar-refractivity contribution in [1.29, 1.82) is 0 Å². The molecule has 1 fully saturated rings. The Morgan fingerprint density at radius 2 is 1.70 bits per heavy atom. The number of sulfonamides is 1. The fourth-order valence-electron chi connectivity index (χ4n) is 3.10. The van der Waals surface area contributed by atoms with Gasteiger partial charge in [-0.1, -0.05) is 32.4 Å². The molecule has 7 nitrogen and oxygen atoms in total. The second-order valence-corrected chi connectivity index (χ2v) is 9.17. The van der Waals surface area contributed by atoms with Crippen LogP contribution < -0.4 is 5.32 Å². The summed E-state index contributed by atoms with van der Waals surface area (Å²) in [4.78, 5) is 23.4. The standard InChI is InChI=1S/C19H28N2O5S/c1-14(2)18(19(23)24)20-17(22)11-8-15-6-9-16(10-7-15)27(25,26)21-12-4-3-5-13-21/h6-7,9-10,14,18H,3-5,8,11-13H2,1-2H3,(H,20,22)(H,23,24)/t18-/m1/s1. The number of nitrogens with zero attached hydrogens (tertiary/aromatic N) is 1. The number of nitrogens with one attached hydrogen (secondary N) is 1. The number of amides is 1. The molecule has 0 aliphatic carbocycles. The van der Waals surface area contributed by atoms with E-state index in [9.17, 15) is 18.0 Å². The maximum absolute atomic E-state index is 12.6. The van der Waals surface area contributed by atoms with Gasteiger partial charge in [0.25, 0.3) is 0 Å². The number of aliphatic carboxylic acids is 1. The van der Waals surface area contributed by atoms with Gasteiger partial charge >= 0.3 is 5.97 Å². The zero-order valence-corrected chi connectivity index (χ0v) is 16.7. The van der Waals surface area contributed by atoms with Crippen LogP contribution in [-0.2, 0) is 26.0 Å². The van der Waals surface area contributed by atoms with E-state index in [-0.39, 0.29) is 23.1 Å². The van der Waals surface area contributed by atoms with E-state index >= 15 is 0 Å². The lowest BCUT2D eigenvalue weighted by molar-refractivity contribution is -0.143. The normalized spacial score (nSPS) is 16.9. The first-order chi connectivity index (χ1) is 12.7. The third-order valence-corrected chi connectivity index (χ3v) is 6.68. The topological polar surface area (TPSA) is 104 Å². The van der Waals surface area contributed by atoms with Gasteiger partial charge < -0.3 is 10.4 Å². The van der Waals surface area contributed by atoms with Crippen LogP contribution in [0.15, 0.2) is 29.2 Å². The molecule has 1 amide bonds. The van der Waals surface area contributed by atoms with Crippen molar-refractivity contribution in [2.75, 3.05) is 13.1 Å². The third kappa shape index (κ3) is 5.77. The van der Waals surface area contributed by atoms with E-state index in [4.69, 9.17) is 5.11 Å². The number of carboxylic acid groups (broad SMARTS) is 1. The lowest BCUT2D eigenvalue weighted by Crippen LogP contribution is -2.44. The van der Waals surface area contributed by atoms with Crippen LogP contribution in [-0.4, -0.2) is 48.8 Å². The van der Waals surface area contributed by atoms with Crippen LogP contribution in [0.4, 0.5) is 0 Å². The number of carboxylic acids is 1. The number of hydrogen-bond acceptors (Lipinski definition) is 4. The lowest BCUT2D eigenvalue weighted by Gasteiger charge is -2.25. The Kier molecular flexibility index (Phi) is 7.38. The summed E-state index contributed by atoms with van der Waals surface area (Å²) in [6.07, 6.45) is 3.40. The SMILES string of the molecule is CC(C)[C@@H](NC(=O)CCc1ccc(S(=O)(=O)N2CCCCC2)cc1)C(=O)O. The molecule has 27 heavy (non-hydrogen) atoms. The molecule has 1 aliphatic rings. The maximum Gasteiger partial charge on any atom is 0.326 e. The predicted molar refractivity (Wildman–Crippen MR) is 102 cm³/mol. The van der Waals surface area contributed by atoms with Gasteiger partial charge in [-0.05, 0) is 42.9 Å². The monoisotopic (exact) mass is 396 g/mol. The van der Waals surface area contributed by atoms with Crippen LogP contribution in [0.25, 0.3) is 0 Å². The van der Waals surface area contributed by atoms with Gasteiger partial charge in [-0.15, -0.1) is 0 Å². The Morgan fingerprint density at radius 1 is 1.11 bits per heavy atom. The van der Waals surface area contributed by atoms with Crippen LogP contribution >= 0.6 is 0 Å². The quantitative estimate of drug-likeness (QED) is 0.700. The second kappa shape index (κ2) is 9.32. The fraction of sp³-hybridized carbons (Fsp3) is 0.579. The van der Waals surface area contributed by atoms with Gasteiger partial charge in [0.15, 0.2) is 0 Å². The highest BCUT2D eigenvalue weighted by Gasteiger charge is 2.26.